The molecule has 0 aliphatic heterocycles. The second-order valence-electron chi connectivity index (χ2n) is 5.40. The Bertz CT molecular complexity index is 501. The van der Waals surface area contributed by atoms with Crippen molar-refractivity contribution in [2.75, 3.05) is 13.1 Å². The van der Waals surface area contributed by atoms with Crippen LogP contribution >= 0.6 is 0 Å². The van der Waals surface area contributed by atoms with E-state index in [1.807, 2.05) is 6.07 Å². The van der Waals surface area contributed by atoms with Crippen LogP contribution in [-0.4, -0.2) is 24.9 Å². The summed E-state index contributed by atoms with van der Waals surface area (Å²) in [5.41, 5.74) is 0.868. The van der Waals surface area contributed by atoms with Crippen molar-refractivity contribution in [2.24, 2.45) is 5.92 Å². The average molecular weight is 292 g/mol. The van der Waals surface area contributed by atoms with Crippen LogP contribution < -0.4 is 10.6 Å². The fraction of sp³-hybridized carbons (Fsp3) is 0.500. The van der Waals surface area contributed by atoms with Crippen molar-refractivity contribution in [1.29, 1.82) is 0 Å². The van der Waals surface area contributed by atoms with E-state index in [2.05, 4.69) is 10.6 Å². The number of halogens is 1. The molecule has 1 aromatic rings. The van der Waals surface area contributed by atoms with Gasteiger partial charge in [-0.1, -0.05) is 12.1 Å². The molecule has 4 nitrogen and oxygen atoms in total. The molecule has 2 rings (SSSR count). The molecule has 1 fully saturated rings. The maximum absolute atomic E-state index is 13.0. The van der Waals surface area contributed by atoms with Crippen LogP contribution in [0.2, 0.25) is 0 Å². The van der Waals surface area contributed by atoms with Crippen LogP contribution in [0, 0.1) is 11.7 Å². The number of carbonyl (C=O) groups excluding carboxylic acids is 2. The Morgan fingerprint density at radius 3 is 2.71 bits per heavy atom. The molecule has 1 aliphatic rings. The predicted octanol–water partition coefficient (Wildman–Crippen LogP) is 1.79. The minimum atomic E-state index is -0.259. The SMILES string of the molecule is O=C(CCCNC(=O)C1CC1)NCCc1cccc(F)c1. The maximum atomic E-state index is 13.0. The number of hydrogen-bond donors (Lipinski definition) is 2. The van der Waals surface area contributed by atoms with Gasteiger partial charge in [0.2, 0.25) is 11.8 Å². The molecule has 2 N–H and O–H groups in total. The van der Waals surface area contributed by atoms with Gasteiger partial charge < -0.3 is 10.6 Å². The van der Waals surface area contributed by atoms with Crippen LogP contribution in [0.4, 0.5) is 4.39 Å². The highest BCUT2D eigenvalue weighted by Crippen LogP contribution is 2.28. The average Bonchev–Trinajstić information content (AvgIpc) is 3.28. The molecule has 1 saturated carbocycles. The molecule has 2 amide bonds. The molecule has 0 unspecified atom stereocenters. The molecular weight excluding hydrogens is 271 g/mol. The highest BCUT2D eigenvalue weighted by Gasteiger charge is 2.28. The fourth-order valence-corrected chi connectivity index (χ4v) is 2.08. The van der Waals surface area contributed by atoms with E-state index in [4.69, 9.17) is 0 Å². The topological polar surface area (TPSA) is 58.2 Å². The molecule has 0 bridgehead atoms. The van der Waals surface area contributed by atoms with Gasteiger partial charge in [-0.3, -0.25) is 9.59 Å². The molecule has 0 saturated heterocycles. The van der Waals surface area contributed by atoms with E-state index in [0.717, 1.165) is 18.4 Å². The monoisotopic (exact) mass is 292 g/mol. The number of hydrogen-bond acceptors (Lipinski definition) is 2. The highest BCUT2D eigenvalue weighted by atomic mass is 19.1. The molecule has 1 aromatic carbocycles. The van der Waals surface area contributed by atoms with Crippen LogP contribution in [0.1, 0.15) is 31.2 Å². The summed E-state index contributed by atoms with van der Waals surface area (Å²) < 4.78 is 13.0. The minimum absolute atomic E-state index is 0.0351. The van der Waals surface area contributed by atoms with Gasteiger partial charge in [-0.05, 0) is 43.4 Å². The normalized spacial score (nSPS) is 13.8. The van der Waals surface area contributed by atoms with E-state index in [1.54, 1.807) is 6.07 Å². The first-order valence-corrected chi connectivity index (χ1v) is 7.44. The molecular formula is C16H21FN2O2. The zero-order chi connectivity index (χ0) is 15.1. The lowest BCUT2D eigenvalue weighted by molar-refractivity contribution is -0.123. The van der Waals surface area contributed by atoms with Gasteiger partial charge in [0, 0.05) is 25.4 Å². The Morgan fingerprint density at radius 2 is 2.00 bits per heavy atom. The van der Waals surface area contributed by atoms with Gasteiger partial charge in [0.15, 0.2) is 0 Å². The van der Waals surface area contributed by atoms with E-state index in [-0.39, 0.29) is 23.5 Å². The number of rotatable bonds is 8. The molecule has 0 heterocycles. The van der Waals surface area contributed by atoms with Crippen LogP contribution in [-0.2, 0) is 16.0 Å². The Morgan fingerprint density at radius 1 is 1.19 bits per heavy atom. The molecule has 0 radical (unpaired) electrons. The maximum Gasteiger partial charge on any atom is 0.223 e. The summed E-state index contributed by atoms with van der Waals surface area (Å²) in [6.45, 7) is 1.05. The Hall–Kier alpha value is -1.91. The molecule has 114 valence electrons. The van der Waals surface area contributed by atoms with Crippen LogP contribution in [0.15, 0.2) is 24.3 Å². The number of benzene rings is 1. The van der Waals surface area contributed by atoms with Gasteiger partial charge in [0.05, 0.1) is 0 Å². The van der Waals surface area contributed by atoms with Gasteiger partial charge in [0.1, 0.15) is 5.82 Å². The van der Waals surface area contributed by atoms with Gasteiger partial charge in [-0.2, -0.15) is 0 Å². The Labute approximate surface area is 124 Å². The Kier molecular flexibility index (Phi) is 5.72. The van der Waals surface area contributed by atoms with E-state index < -0.39 is 0 Å². The van der Waals surface area contributed by atoms with Crippen molar-refractivity contribution < 1.29 is 14.0 Å². The van der Waals surface area contributed by atoms with Crippen molar-refractivity contribution in [1.82, 2.24) is 10.6 Å². The molecule has 0 atom stereocenters. The fourth-order valence-electron chi connectivity index (χ4n) is 2.08. The van der Waals surface area contributed by atoms with E-state index in [0.29, 0.717) is 32.4 Å². The third kappa shape index (κ3) is 5.94. The minimum Gasteiger partial charge on any atom is -0.356 e. The third-order valence-corrected chi connectivity index (χ3v) is 3.45. The van der Waals surface area contributed by atoms with Crippen molar-refractivity contribution in [3.63, 3.8) is 0 Å². The molecule has 0 aromatic heterocycles. The van der Waals surface area contributed by atoms with E-state index in [9.17, 15) is 14.0 Å². The summed E-state index contributed by atoms with van der Waals surface area (Å²) in [5.74, 6) is 0.0314. The predicted molar refractivity (Wildman–Crippen MR) is 78.1 cm³/mol. The lowest BCUT2D eigenvalue weighted by Gasteiger charge is -2.06. The summed E-state index contributed by atoms with van der Waals surface area (Å²) in [5, 5.41) is 5.63. The van der Waals surface area contributed by atoms with Gasteiger partial charge >= 0.3 is 0 Å². The largest absolute Gasteiger partial charge is 0.356 e. The van der Waals surface area contributed by atoms with Crippen molar-refractivity contribution in [3.05, 3.63) is 35.6 Å². The molecule has 1 aliphatic carbocycles. The van der Waals surface area contributed by atoms with Gasteiger partial charge in [0.25, 0.3) is 0 Å². The lowest BCUT2D eigenvalue weighted by Crippen LogP contribution is -2.29. The summed E-state index contributed by atoms with van der Waals surface area (Å²) in [6.07, 6.45) is 3.64. The summed E-state index contributed by atoms with van der Waals surface area (Å²) in [6, 6.07) is 6.37. The number of amides is 2. The summed E-state index contributed by atoms with van der Waals surface area (Å²) in [7, 11) is 0. The number of carbonyl (C=O) groups is 2. The smallest absolute Gasteiger partial charge is 0.223 e. The zero-order valence-electron chi connectivity index (χ0n) is 12.0. The number of nitrogens with one attached hydrogen (secondary N) is 2. The highest BCUT2D eigenvalue weighted by molar-refractivity contribution is 5.81. The molecule has 5 heteroatoms. The summed E-state index contributed by atoms with van der Waals surface area (Å²) >= 11 is 0. The lowest BCUT2D eigenvalue weighted by atomic mass is 10.1. The first kappa shape index (κ1) is 15.5. The molecule has 0 spiro atoms. The second-order valence-corrected chi connectivity index (χ2v) is 5.40. The standard InChI is InChI=1S/C16H21FN2O2/c17-14-4-1-3-12(11-14)8-10-18-15(20)5-2-9-19-16(21)13-6-7-13/h1,3-4,11,13H,2,5-10H2,(H,18,20)(H,19,21). The van der Waals surface area contributed by atoms with Crippen LogP contribution in [0.3, 0.4) is 0 Å². The van der Waals surface area contributed by atoms with Crippen molar-refractivity contribution in [3.8, 4) is 0 Å². The first-order chi connectivity index (χ1) is 10.1. The van der Waals surface area contributed by atoms with E-state index in [1.165, 1.54) is 12.1 Å². The Balaban J connectivity index is 1.52. The van der Waals surface area contributed by atoms with Crippen molar-refractivity contribution in [2.45, 2.75) is 32.1 Å². The second kappa shape index (κ2) is 7.76. The quantitative estimate of drug-likeness (QED) is 0.718. The molecule has 21 heavy (non-hydrogen) atoms. The summed E-state index contributed by atoms with van der Waals surface area (Å²) in [4.78, 5) is 23.0. The van der Waals surface area contributed by atoms with Crippen LogP contribution in [0.25, 0.3) is 0 Å². The van der Waals surface area contributed by atoms with Crippen molar-refractivity contribution >= 4 is 11.8 Å². The first-order valence-electron chi connectivity index (χ1n) is 7.44. The van der Waals surface area contributed by atoms with Gasteiger partial charge in [-0.25, -0.2) is 4.39 Å². The van der Waals surface area contributed by atoms with Gasteiger partial charge in [-0.15, -0.1) is 0 Å². The zero-order valence-corrected chi connectivity index (χ0v) is 12.0. The third-order valence-electron chi connectivity index (χ3n) is 3.45. The van der Waals surface area contributed by atoms with E-state index >= 15 is 0 Å². The van der Waals surface area contributed by atoms with Crippen LogP contribution in [0.5, 0.6) is 0 Å².